The smallest absolute Gasteiger partial charge is 0.338 e. The van der Waals surface area contributed by atoms with Crippen LogP contribution in [0.1, 0.15) is 54.4 Å². The Morgan fingerprint density at radius 1 is 1.14 bits per heavy atom. The Hall–Kier alpha value is -1.35. The topological polar surface area (TPSA) is 29.5 Å². The molecule has 1 aromatic rings. The predicted molar refractivity (Wildman–Crippen MR) is 83.4 cm³/mol. The van der Waals surface area contributed by atoms with E-state index in [9.17, 15) is 4.79 Å². The van der Waals surface area contributed by atoms with Gasteiger partial charge >= 0.3 is 5.97 Å². The highest BCUT2D eigenvalue weighted by atomic mass is 16.5. The lowest BCUT2D eigenvalue weighted by atomic mass is 9.94. The molecule has 0 radical (unpaired) electrons. The number of nitrogens with zero attached hydrogens (tertiary/aromatic N) is 1. The van der Waals surface area contributed by atoms with Crippen LogP contribution in [0.25, 0.3) is 0 Å². The predicted octanol–water partition coefficient (Wildman–Crippen LogP) is 3.56. The van der Waals surface area contributed by atoms with Crippen LogP contribution < -0.4 is 0 Å². The van der Waals surface area contributed by atoms with Crippen LogP contribution in [-0.4, -0.2) is 36.1 Å². The second kappa shape index (κ2) is 6.61. The van der Waals surface area contributed by atoms with Crippen molar-refractivity contribution in [2.45, 2.75) is 57.6 Å². The van der Waals surface area contributed by atoms with E-state index in [1.165, 1.54) is 32.1 Å². The number of hydrogen-bond acceptors (Lipinski definition) is 3. The van der Waals surface area contributed by atoms with E-state index in [4.69, 9.17) is 4.74 Å². The molecule has 1 saturated heterocycles. The lowest BCUT2D eigenvalue weighted by Crippen LogP contribution is -2.36. The summed E-state index contributed by atoms with van der Waals surface area (Å²) < 4.78 is 5.72. The third-order valence-electron chi connectivity index (χ3n) is 4.91. The number of rotatable bonds is 3. The average Bonchev–Trinajstić information content (AvgIpc) is 2.97. The lowest BCUT2D eigenvalue weighted by Gasteiger charge is -2.30. The lowest BCUT2D eigenvalue weighted by molar-refractivity contribution is 0.0304. The quantitative estimate of drug-likeness (QED) is 0.796. The summed E-state index contributed by atoms with van der Waals surface area (Å²) in [5.41, 5.74) is 1.69. The maximum atomic E-state index is 12.3. The molecular formula is C18H25NO2. The maximum absolute atomic E-state index is 12.3. The van der Waals surface area contributed by atoms with Gasteiger partial charge in [-0.1, -0.05) is 37.5 Å². The summed E-state index contributed by atoms with van der Waals surface area (Å²) in [6.07, 6.45) is 7.78. The van der Waals surface area contributed by atoms with Gasteiger partial charge in [0.2, 0.25) is 0 Å². The average molecular weight is 287 g/mol. The minimum Gasteiger partial charge on any atom is -0.457 e. The summed E-state index contributed by atoms with van der Waals surface area (Å²) in [5.74, 6) is -0.163. The van der Waals surface area contributed by atoms with Gasteiger partial charge in [-0.15, -0.1) is 0 Å². The molecular weight excluding hydrogens is 262 g/mol. The van der Waals surface area contributed by atoms with Crippen LogP contribution in [0, 0.1) is 6.92 Å². The van der Waals surface area contributed by atoms with Crippen molar-refractivity contribution < 1.29 is 9.53 Å². The fourth-order valence-corrected chi connectivity index (χ4v) is 3.64. The molecule has 3 nitrogen and oxygen atoms in total. The van der Waals surface area contributed by atoms with Gasteiger partial charge in [-0.05, 0) is 37.8 Å². The van der Waals surface area contributed by atoms with Crippen molar-refractivity contribution in [2.75, 3.05) is 13.1 Å². The largest absolute Gasteiger partial charge is 0.457 e. The summed E-state index contributed by atoms with van der Waals surface area (Å²) >= 11 is 0. The molecule has 3 heteroatoms. The number of carbonyl (C=O) groups excluding carboxylic acids is 1. The van der Waals surface area contributed by atoms with Crippen molar-refractivity contribution in [1.82, 2.24) is 4.90 Å². The van der Waals surface area contributed by atoms with Crippen molar-refractivity contribution in [3.8, 4) is 0 Å². The first-order valence-corrected chi connectivity index (χ1v) is 8.24. The van der Waals surface area contributed by atoms with E-state index in [2.05, 4.69) is 4.90 Å². The molecule has 1 aliphatic heterocycles. The molecule has 1 aliphatic carbocycles. The molecule has 0 aromatic heterocycles. The Labute approximate surface area is 127 Å². The van der Waals surface area contributed by atoms with Crippen LogP contribution in [0.2, 0.25) is 0 Å². The molecule has 2 aliphatic rings. The van der Waals surface area contributed by atoms with Crippen molar-refractivity contribution in [3.63, 3.8) is 0 Å². The fourth-order valence-electron chi connectivity index (χ4n) is 3.64. The first kappa shape index (κ1) is 14.6. The van der Waals surface area contributed by atoms with Gasteiger partial charge in [-0.2, -0.15) is 0 Å². The zero-order valence-electron chi connectivity index (χ0n) is 12.9. The minimum absolute atomic E-state index is 0.0685. The van der Waals surface area contributed by atoms with Crippen molar-refractivity contribution in [3.05, 3.63) is 35.4 Å². The first-order chi connectivity index (χ1) is 10.2. The second-order valence-corrected chi connectivity index (χ2v) is 6.42. The Balaban J connectivity index is 1.55. The highest BCUT2D eigenvalue weighted by Gasteiger charge is 2.31. The summed E-state index contributed by atoms with van der Waals surface area (Å²) in [7, 11) is 0. The highest BCUT2D eigenvalue weighted by Crippen LogP contribution is 2.26. The van der Waals surface area contributed by atoms with Gasteiger partial charge in [0.25, 0.3) is 0 Å². The number of benzene rings is 1. The molecule has 0 amide bonds. The van der Waals surface area contributed by atoms with Crippen LogP contribution >= 0.6 is 0 Å². The normalized spacial score (nSPS) is 24.1. The molecule has 0 bridgehead atoms. The van der Waals surface area contributed by atoms with Gasteiger partial charge in [0.05, 0.1) is 5.56 Å². The SMILES string of the molecule is Cc1ccccc1C(=O)OC1CCN(C2CCCCC2)C1. The molecule has 0 spiro atoms. The van der Waals surface area contributed by atoms with E-state index in [1.54, 1.807) is 0 Å². The molecule has 1 saturated carbocycles. The van der Waals surface area contributed by atoms with Gasteiger partial charge < -0.3 is 4.74 Å². The molecule has 1 atom stereocenters. The van der Waals surface area contributed by atoms with Crippen molar-refractivity contribution in [2.24, 2.45) is 0 Å². The molecule has 1 aromatic carbocycles. The number of likely N-dealkylation sites (tertiary alicyclic amines) is 1. The van der Waals surface area contributed by atoms with Crippen LogP contribution in [0.5, 0.6) is 0 Å². The summed E-state index contributed by atoms with van der Waals surface area (Å²) in [6.45, 7) is 3.96. The molecule has 1 heterocycles. The van der Waals surface area contributed by atoms with E-state index in [0.29, 0.717) is 5.56 Å². The zero-order chi connectivity index (χ0) is 14.7. The summed E-state index contributed by atoms with van der Waals surface area (Å²) in [5, 5.41) is 0. The van der Waals surface area contributed by atoms with E-state index >= 15 is 0 Å². The Kier molecular flexibility index (Phi) is 4.59. The van der Waals surface area contributed by atoms with Crippen LogP contribution in [0.3, 0.4) is 0 Å². The van der Waals surface area contributed by atoms with Gasteiger partial charge in [0, 0.05) is 19.1 Å². The van der Waals surface area contributed by atoms with Crippen LogP contribution in [-0.2, 0) is 4.74 Å². The van der Waals surface area contributed by atoms with Crippen LogP contribution in [0.15, 0.2) is 24.3 Å². The Bertz CT molecular complexity index is 494. The summed E-state index contributed by atoms with van der Waals surface area (Å²) in [6, 6.07) is 8.38. The molecule has 3 rings (SSSR count). The van der Waals surface area contributed by atoms with E-state index in [-0.39, 0.29) is 12.1 Å². The third kappa shape index (κ3) is 3.46. The van der Waals surface area contributed by atoms with Crippen molar-refractivity contribution in [1.29, 1.82) is 0 Å². The van der Waals surface area contributed by atoms with Gasteiger partial charge in [0.1, 0.15) is 6.10 Å². The Morgan fingerprint density at radius 2 is 1.90 bits per heavy atom. The molecule has 114 valence electrons. The number of aryl methyl sites for hydroxylation is 1. The molecule has 21 heavy (non-hydrogen) atoms. The Morgan fingerprint density at radius 3 is 2.67 bits per heavy atom. The first-order valence-electron chi connectivity index (χ1n) is 8.24. The number of esters is 1. The van der Waals surface area contributed by atoms with E-state index in [1.807, 2.05) is 31.2 Å². The number of carbonyl (C=O) groups is 1. The zero-order valence-corrected chi connectivity index (χ0v) is 12.9. The third-order valence-corrected chi connectivity index (χ3v) is 4.91. The fraction of sp³-hybridized carbons (Fsp3) is 0.611. The van der Waals surface area contributed by atoms with E-state index in [0.717, 1.165) is 31.1 Å². The van der Waals surface area contributed by atoms with Gasteiger partial charge in [-0.3, -0.25) is 4.90 Å². The minimum atomic E-state index is -0.163. The summed E-state index contributed by atoms with van der Waals surface area (Å²) in [4.78, 5) is 14.8. The number of ether oxygens (including phenoxy) is 1. The molecule has 0 N–H and O–H groups in total. The van der Waals surface area contributed by atoms with Crippen LogP contribution in [0.4, 0.5) is 0 Å². The standard InChI is InChI=1S/C18H25NO2/c1-14-7-5-6-10-17(14)18(20)21-16-11-12-19(13-16)15-8-3-2-4-9-15/h5-7,10,15-16H,2-4,8-9,11-13H2,1H3. The van der Waals surface area contributed by atoms with Gasteiger partial charge in [-0.25, -0.2) is 4.79 Å². The molecule has 2 fully saturated rings. The second-order valence-electron chi connectivity index (χ2n) is 6.42. The number of hydrogen-bond donors (Lipinski definition) is 0. The van der Waals surface area contributed by atoms with Gasteiger partial charge in [0.15, 0.2) is 0 Å². The highest BCUT2D eigenvalue weighted by molar-refractivity contribution is 5.91. The monoisotopic (exact) mass is 287 g/mol. The molecule has 1 unspecified atom stereocenters. The maximum Gasteiger partial charge on any atom is 0.338 e. The van der Waals surface area contributed by atoms with Crippen molar-refractivity contribution >= 4 is 5.97 Å². The van der Waals surface area contributed by atoms with E-state index < -0.39 is 0 Å².